The summed E-state index contributed by atoms with van der Waals surface area (Å²) in [6, 6.07) is 6.36. The molecule has 0 spiro atoms. The molecule has 2 N–H and O–H groups in total. The molecule has 0 saturated carbocycles. The highest BCUT2D eigenvalue weighted by Crippen LogP contribution is 2.14. The van der Waals surface area contributed by atoms with Crippen LogP contribution in [0.2, 0.25) is 0 Å². The van der Waals surface area contributed by atoms with Crippen molar-refractivity contribution in [3.63, 3.8) is 0 Å². The summed E-state index contributed by atoms with van der Waals surface area (Å²) in [5.74, 6) is -0.0130. The van der Waals surface area contributed by atoms with E-state index in [1.165, 1.54) is 6.07 Å². The molecule has 0 saturated heterocycles. The van der Waals surface area contributed by atoms with Crippen molar-refractivity contribution in [1.82, 2.24) is 0 Å². The average molecular weight is 169 g/mol. The zero-order valence-corrected chi connectivity index (χ0v) is 6.79. The molecule has 0 fully saturated rings. The highest BCUT2D eigenvalue weighted by Gasteiger charge is 1.99. The topological polar surface area (TPSA) is 25.8 Å². The Morgan fingerprint density at radius 3 is 2.83 bits per heavy atom. The van der Waals surface area contributed by atoms with Crippen molar-refractivity contribution in [2.45, 2.75) is 0 Å². The Bertz CT molecular complexity index is 240. The molecule has 1 aromatic carbocycles. The van der Waals surface area contributed by atoms with E-state index < -0.39 is 0 Å². The molecule has 0 unspecified atom stereocenters. The molecule has 0 bridgehead atoms. The van der Waals surface area contributed by atoms with Crippen molar-refractivity contribution in [3.8, 4) is 5.75 Å². The van der Waals surface area contributed by atoms with Gasteiger partial charge in [-0.05, 0) is 12.1 Å². The van der Waals surface area contributed by atoms with E-state index in [0.29, 0.717) is 12.4 Å². The van der Waals surface area contributed by atoms with Crippen LogP contribution in [0, 0.1) is 12.9 Å². The lowest BCUT2D eigenvalue weighted by atomic mass is 10.3. The molecule has 0 amide bonds. The van der Waals surface area contributed by atoms with Crippen LogP contribution >= 0.6 is 0 Å². The van der Waals surface area contributed by atoms with Crippen molar-refractivity contribution in [1.29, 1.82) is 0 Å². The number of hydrogen-bond acceptors (Lipinski definition) is 1. The fourth-order valence-corrected chi connectivity index (χ4v) is 0.814. The first-order valence-corrected chi connectivity index (χ1v) is 3.83. The summed E-state index contributed by atoms with van der Waals surface area (Å²) < 4.78 is 18.0. The van der Waals surface area contributed by atoms with Crippen molar-refractivity contribution in [2.75, 3.05) is 13.2 Å². The first-order valence-electron chi connectivity index (χ1n) is 3.83. The van der Waals surface area contributed by atoms with E-state index in [1.807, 2.05) is 0 Å². The normalized spacial score (nSPS) is 9.83. The van der Waals surface area contributed by atoms with Crippen molar-refractivity contribution < 1.29 is 14.4 Å². The predicted molar refractivity (Wildman–Crippen MR) is 44.0 cm³/mol. The van der Waals surface area contributed by atoms with E-state index in [2.05, 4.69) is 7.05 Å². The maximum Gasteiger partial charge on any atom is 0.165 e. The van der Waals surface area contributed by atoms with Gasteiger partial charge in [0.05, 0.1) is 6.54 Å². The Labute approximate surface area is 71.4 Å². The largest absolute Gasteiger partial charge is 0.485 e. The predicted octanol–water partition coefficient (Wildman–Crippen LogP) is 0.559. The molecule has 0 aliphatic rings. The molecule has 1 rings (SSSR count). The van der Waals surface area contributed by atoms with E-state index in [4.69, 9.17) is 4.74 Å². The van der Waals surface area contributed by atoms with Crippen LogP contribution in [0.5, 0.6) is 5.75 Å². The van der Waals surface area contributed by atoms with Gasteiger partial charge in [0, 0.05) is 0 Å². The van der Waals surface area contributed by atoms with Gasteiger partial charge in [-0.15, -0.1) is 0 Å². The van der Waals surface area contributed by atoms with Crippen molar-refractivity contribution in [2.24, 2.45) is 0 Å². The van der Waals surface area contributed by atoms with Gasteiger partial charge in [0.1, 0.15) is 6.61 Å². The Hall–Kier alpha value is -1.09. The Morgan fingerprint density at radius 2 is 2.17 bits per heavy atom. The molecule has 12 heavy (non-hydrogen) atoms. The third-order valence-corrected chi connectivity index (χ3v) is 1.42. The summed E-state index contributed by atoms with van der Waals surface area (Å²) in [5, 5.41) is 1.74. The maximum absolute atomic E-state index is 12.9. The van der Waals surface area contributed by atoms with Gasteiger partial charge in [0.25, 0.3) is 0 Å². The van der Waals surface area contributed by atoms with Gasteiger partial charge in [0.2, 0.25) is 0 Å². The van der Waals surface area contributed by atoms with Gasteiger partial charge in [-0.1, -0.05) is 12.1 Å². The van der Waals surface area contributed by atoms with Crippen LogP contribution in [0.25, 0.3) is 0 Å². The molecule has 1 aromatic rings. The molecule has 0 heterocycles. The number of hydrogen-bond donors (Lipinski definition) is 1. The molecule has 0 radical (unpaired) electrons. The van der Waals surface area contributed by atoms with Gasteiger partial charge < -0.3 is 10.1 Å². The summed E-state index contributed by atoms with van der Waals surface area (Å²) >= 11 is 0. The lowest BCUT2D eigenvalue weighted by Gasteiger charge is -2.05. The number of rotatable bonds is 4. The average Bonchev–Trinajstić information content (AvgIpc) is 2.09. The van der Waals surface area contributed by atoms with Crippen LogP contribution in [-0.2, 0) is 0 Å². The second kappa shape index (κ2) is 4.72. The van der Waals surface area contributed by atoms with Crippen LogP contribution in [-0.4, -0.2) is 13.2 Å². The molecular weight excluding hydrogens is 157 g/mol. The zero-order valence-electron chi connectivity index (χ0n) is 6.79. The first kappa shape index (κ1) is 9.00. The lowest BCUT2D eigenvalue weighted by molar-refractivity contribution is -0.596. The van der Waals surface area contributed by atoms with Gasteiger partial charge in [-0.3, -0.25) is 0 Å². The summed E-state index contributed by atoms with van der Waals surface area (Å²) in [5.41, 5.74) is 0. The fraction of sp³-hybridized carbons (Fsp3) is 0.222. The fourth-order valence-electron chi connectivity index (χ4n) is 0.814. The molecule has 66 valence electrons. The minimum Gasteiger partial charge on any atom is -0.485 e. The number of ether oxygens (including phenoxy) is 1. The van der Waals surface area contributed by atoms with Crippen LogP contribution in [0.4, 0.5) is 4.39 Å². The van der Waals surface area contributed by atoms with Gasteiger partial charge in [-0.25, -0.2) is 4.39 Å². The lowest BCUT2D eigenvalue weighted by Crippen LogP contribution is -2.78. The third kappa shape index (κ3) is 2.51. The van der Waals surface area contributed by atoms with Crippen molar-refractivity contribution >= 4 is 0 Å². The smallest absolute Gasteiger partial charge is 0.165 e. The van der Waals surface area contributed by atoms with Crippen molar-refractivity contribution in [3.05, 3.63) is 37.1 Å². The Kier molecular flexibility index (Phi) is 3.54. The second-order valence-electron chi connectivity index (χ2n) is 2.36. The highest BCUT2D eigenvalue weighted by molar-refractivity contribution is 5.23. The number of nitrogens with two attached hydrogens (primary N) is 1. The number of para-hydroxylation sites is 1. The van der Waals surface area contributed by atoms with Crippen LogP contribution in [0.3, 0.4) is 0 Å². The van der Waals surface area contributed by atoms with Gasteiger partial charge >= 0.3 is 0 Å². The van der Waals surface area contributed by atoms with Crippen LogP contribution in [0.15, 0.2) is 24.3 Å². The van der Waals surface area contributed by atoms with E-state index in [1.54, 1.807) is 23.5 Å². The standard InChI is InChI=1S/C9H12FNO/c1-11-6-7-12-9-5-3-2-4-8(9)10/h2-5H,1,6-7,11H2. The summed E-state index contributed by atoms with van der Waals surface area (Å²) in [4.78, 5) is 0. The molecular formula is C9H12FNO. The minimum atomic E-state index is -0.318. The minimum absolute atomic E-state index is 0.305. The van der Waals surface area contributed by atoms with E-state index in [9.17, 15) is 4.39 Å². The zero-order chi connectivity index (χ0) is 8.81. The monoisotopic (exact) mass is 169 g/mol. The highest BCUT2D eigenvalue weighted by atomic mass is 19.1. The summed E-state index contributed by atoms with van der Waals surface area (Å²) in [6.07, 6.45) is 0. The van der Waals surface area contributed by atoms with E-state index in [0.717, 1.165) is 6.54 Å². The summed E-state index contributed by atoms with van der Waals surface area (Å²) in [6.45, 7) is 1.21. The maximum atomic E-state index is 12.9. The van der Waals surface area contributed by atoms with Gasteiger partial charge in [0.15, 0.2) is 11.6 Å². The van der Waals surface area contributed by atoms with E-state index in [-0.39, 0.29) is 5.82 Å². The number of halogens is 1. The van der Waals surface area contributed by atoms with Gasteiger partial charge in [-0.2, -0.15) is 7.05 Å². The molecule has 0 aliphatic heterocycles. The summed E-state index contributed by atoms with van der Waals surface area (Å²) in [7, 11) is 3.54. The second-order valence-corrected chi connectivity index (χ2v) is 2.36. The van der Waals surface area contributed by atoms with Crippen LogP contribution < -0.4 is 10.1 Å². The SMILES string of the molecule is [CH2-][NH2+]CCOc1ccccc1F. The molecule has 0 aliphatic carbocycles. The van der Waals surface area contributed by atoms with Crippen LogP contribution in [0.1, 0.15) is 0 Å². The Morgan fingerprint density at radius 1 is 1.42 bits per heavy atom. The number of quaternary nitrogens is 1. The Balaban J connectivity index is 2.46. The third-order valence-electron chi connectivity index (χ3n) is 1.42. The molecule has 2 nitrogen and oxygen atoms in total. The molecule has 0 aromatic heterocycles. The quantitative estimate of drug-likeness (QED) is 0.517. The van der Waals surface area contributed by atoms with E-state index >= 15 is 0 Å². The molecule has 3 heteroatoms. The first-order chi connectivity index (χ1) is 5.84. The number of benzene rings is 1. The molecule has 0 atom stereocenters.